The zero-order chi connectivity index (χ0) is 19.8. The van der Waals surface area contributed by atoms with Crippen molar-refractivity contribution in [2.45, 2.75) is 19.4 Å². The number of para-hydroxylation sites is 1. The van der Waals surface area contributed by atoms with Gasteiger partial charge in [0.15, 0.2) is 0 Å². The van der Waals surface area contributed by atoms with Gasteiger partial charge in [-0.3, -0.25) is 9.59 Å². The molecule has 0 aliphatic carbocycles. The topological polar surface area (TPSA) is 106 Å². The highest BCUT2D eigenvalue weighted by molar-refractivity contribution is 6.33. The fourth-order valence-electron chi connectivity index (χ4n) is 1.93. The molecule has 2 aromatic rings. The van der Waals surface area contributed by atoms with Crippen LogP contribution >= 0.6 is 23.2 Å². The summed E-state index contributed by atoms with van der Waals surface area (Å²) in [6, 6.07) is 13.4. The Morgan fingerprint density at radius 3 is 2.44 bits per heavy atom. The second-order valence-corrected chi connectivity index (χ2v) is 6.37. The Labute approximate surface area is 166 Å². The molecule has 0 spiro atoms. The van der Waals surface area contributed by atoms with E-state index in [0.717, 1.165) is 0 Å². The molecule has 2 amide bonds. The molecule has 9 heteroatoms. The van der Waals surface area contributed by atoms with Crippen LogP contribution in [0.2, 0.25) is 10.0 Å². The number of nitrogens with zero attached hydrogens (tertiary/aromatic N) is 1. The minimum absolute atomic E-state index is 0.0781. The predicted molar refractivity (Wildman–Crippen MR) is 107 cm³/mol. The van der Waals surface area contributed by atoms with Gasteiger partial charge >= 0.3 is 0 Å². The Kier molecular flexibility index (Phi) is 7.45. The Hall–Kier alpha value is -2.77. The van der Waals surface area contributed by atoms with Gasteiger partial charge in [-0.1, -0.05) is 40.5 Å². The molecule has 27 heavy (non-hydrogen) atoms. The first-order valence-electron chi connectivity index (χ1n) is 7.94. The van der Waals surface area contributed by atoms with E-state index in [4.69, 9.17) is 33.8 Å². The fourth-order valence-corrected chi connectivity index (χ4v) is 2.23. The van der Waals surface area contributed by atoms with Crippen molar-refractivity contribution in [3.8, 4) is 0 Å². The van der Waals surface area contributed by atoms with E-state index in [1.54, 1.807) is 48.5 Å². The Balaban J connectivity index is 1.82. The van der Waals surface area contributed by atoms with E-state index in [1.165, 1.54) is 6.92 Å². The molecule has 0 aliphatic heterocycles. The number of carbonyl (C=O) groups excluding carboxylic acids is 2. The Morgan fingerprint density at radius 2 is 1.78 bits per heavy atom. The first kappa shape index (κ1) is 20.5. The maximum Gasteiger partial charge on any atom is 0.267 e. The van der Waals surface area contributed by atoms with Gasteiger partial charge in [-0.05, 0) is 43.3 Å². The number of amides is 2. The van der Waals surface area contributed by atoms with Gasteiger partial charge in [0, 0.05) is 10.7 Å². The Bertz CT molecular complexity index is 841. The summed E-state index contributed by atoms with van der Waals surface area (Å²) >= 11 is 11.8. The molecular weight excluding hydrogens is 391 g/mol. The van der Waals surface area contributed by atoms with Crippen LogP contribution in [0, 0.1) is 0 Å². The van der Waals surface area contributed by atoms with Crippen LogP contribution in [0.5, 0.6) is 0 Å². The summed E-state index contributed by atoms with van der Waals surface area (Å²) in [6.45, 7) is 1.51. The SMILES string of the molecule is CC(O/N=C(/N)CC(=O)Nc1ccccc1Cl)C(=O)Nc1ccc(Cl)cc1. The van der Waals surface area contributed by atoms with Crippen molar-refractivity contribution in [1.29, 1.82) is 0 Å². The van der Waals surface area contributed by atoms with Gasteiger partial charge in [-0.25, -0.2) is 0 Å². The summed E-state index contributed by atoms with van der Waals surface area (Å²) < 4.78 is 0. The van der Waals surface area contributed by atoms with Crippen LogP contribution in [-0.2, 0) is 14.4 Å². The zero-order valence-electron chi connectivity index (χ0n) is 14.4. The van der Waals surface area contributed by atoms with E-state index in [2.05, 4.69) is 15.8 Å². The maximum absolute atomic E-state index is 12.0. The number of amidine groups is 1. The maximum atomic E-state index is 12.0. The number of halogens is 2. The molecule has 142 valence electrons. The second-order valence-electron chi connectivity index (χ2n) is 5.53. The number of nitrogens with two attached hydrogens (primary N) is 1. The van der Waals surface area contributed by atoms with Gasteiger partial charge in [0.25, 0.3) is 5.91 Å². The predicted octanol–water partition coefficient (Wildman–Crippen LogP) is 3.64. The van der Waals surface area contributed by atoms with Crippen molar-refractivity contribution in [3.05, 3.63) is 58.6 Å². The highest BCUT2D eigenvalue weighted by Crippen LogP contribution is 2.20. The standard InChI is InChI=1S/C18H18Cl2N4O3/c1-11(18(26)22-13-8-6-12(19)7-9-13)27-24-16(21)10-17(25)23-15-5-3-2-4-14(15)20/h2-9,11H,10H2,1H3,(H2,21,24)(H,22,26)(H,23,25). The minimum atomic E-state index is -0.911. The number of hydrogen-bond acceptors (Lipinski definition) is 4. The fraction of sp³-hybridized carbons (Fsp3) is 0.167. The average molecular weight is 409 g/mol. The smallest absolute Gasteiger partial charge is 0.267 e. The van der Waals surface area contributed by atoms with Crippen LogP contribution in [0.3, 0.4) is 0 Å². The van der Waals surface area contributed by atoms with Gasteiger partial charge in [-0.15, -0.1) is 0 Å². The summed E-state index contributed by atoms with van der Waals surface area (Å²) in [5, 5.41) is 9.85. The monoisotopic (exact) mass is 408 g/mol. The summed E-state index contributed by atoms with van der Waals surface area (Å²) in [7, 11) is 0. The van der Waals surface area contributed by atoms with Crippen molar-refractivity contribution in [2.24, 2.45) is 10.9 Å². The third-order valence-electron chi connectivity index (χ3n) is 3.30. The van der Waals surface area contributed by atoms with E-state index in [1.807, 2.05) is 0 Å². The van der Waals surface area contributed by atoms with E-state index in [-0.39, 0.29) is 12.3 Å². The third kappa shape index (κ3) is 6.80. The lowest BCUT2D eigenvalue weighted by molar-refractivity contribution is -0.126. The molecule has 1 atom stereocenters. The van der Waals surface area contributed by atoms with Gasteiger partial charge in [0.05, 0.1) is 17.1 Å². The molecule has 0 heterocycles. The molecule has 2 rings (SSSR count). The summed E-state index contributed by atoms with van der Waals surface area (Å²) in [5.41, 5.74) is 6.70. The first-order chi connectivity index (χ1) is 12.8. The molecule has 2 aromatic carbocycles. The minimum Gasteiger partial charge on any atom is -0.384 e. The lowest BCUT2D eigenvalue weighted by Crippen LogP contribution is -2.28. The summed E-state index contributed by atoms with van der Waals surface area (Å²) in [5.74, 6) is -0.911. The number of oxime groups is 1. The van der Waals surface area contributed by atoms with Crippen LogP contribution in [0.15, 0.2) is 53.7 Å². The van der Waals surface area contributed by atoms with Gasteiger partial charge < -0.3 is 21.2 Å². The third-order valence-corrected chi connectivity index (χ3v) is 3.88. The van der Waals surface area contributed by atoms with Crippen LogP contribution < -0.4 is 16.4 Å². The molecule has 0 aliphatic rings. The lowest BCUT2D eigenvalue weighted by Gasteiger charge is -2.11. The van der Waals surface area contributed by atoms with Crippen LogP contribution in [0.25, 0.3) is 0 Å². The number of carbonyl (C=O) groups is 2. The number of hydrogen-bond donors (Lipinski definition) is 3. The second kappa shape index (κ2) is 9.80. The molecule has 1 unspecified atom stereocenters. The van der Waals surface area contributed by atoms with Crippen molar-refractivity contribution < 1.29 is 14.4 Å². The number of anilines is 2. The molecule has 0 saturated heterocycles. The highest BCUT2D eigenvalue weighted by Gasteiger charge is 2.15. The molecule has 0 bridgehead atoms. The van der Waals surface area contributed by atoms with Crippen molar-refractivity contribution >= 4 is 52.2 Å². The molecular formula is C18H18Cl2N4O3. The van der Waals surface area contributed by atoms with Crippen molar-refractivity contribution in [2.75, 3.05) is 10.6 Å². The molecule has 7 nitrogen and oxygen atoms in total. The quantitative estimate of drug-likeness (QED) is 0.369. The lowest BCUT2D eigenvalue weighted by atomic mass is 10.3. The molecule has 4 N–H and O–H groups in total. The molecule has 0 fully saturated rings. The van der Waals surface area contributed by atoms with Crippen molar-refractivity contribution in [1.82, 2.24) is 0 Å². The van der Waals surface area contributed by atoms with Crippen LogP contribution in [0.4, 0.5) is 11.4 Å². The molecule has 0 aromatic heterocycles. The average Bonchev–Trinajstić information content (AvgIpc) is 2.63. The van der Waals surface area contributed by atoms with Crippen LogP contribution in [0.1, 0.15) is 13.3 Å². The Morgan fingerprint density at radius 1 is 1.11 bits per heavy atom. The number of benzene rings is 2. The molecule has 0 saturated carbocycles. The van der Waals surface area contributed by atoms with Gasteiger partial charge in [0.2, 0.25) is 12.0 Å². The van der Waals surface area contributed by atoms with E-state index >= 15 is 0 Å². The summed E-state index contributed by atoms with van der Waals surface area (Å²) in [6.07, 6.45) is -1.12. The zero-order valence-corrected chi connectivity index (χ0v) is 15.9. The van der Waals surface area contributed by atoms with Gasteiger partial charge in [0.1, 0.15) is 5.84 Å². The normalized spacial score (nSPS) is 12.2. The number of rotatable bonds is 7. The summed E-state index contributed by atoms with van der Waals surface area (Å²) in [4.78, 5) is 29.0. The highest BCUT2D eigenvalue weighted by atomic mass is 35.5. The van der Waals surface area contributed by atoms with Crippen molar-refractivity contribution in [3.63, 3.8) is 0 Å². The van der Waals surface area contributed by atoms with Crippen LogP contribution in [-0.4, -0.2) is 23.8 Å². The molecule has 0 radical (unpaired) electrons. The largest absolute Gasteiger partial charge is 0.384 e. The van der Waals surface area contributed by atoms with E-state index < -0.39 is 17.9 Å². The van der Waals surface area contributed by atoms with E-state index in [9.17, 15) is 9.59 Å². The van der Waals surface area contributed by atoms with Gasteiger partial charge in [-0.2, -0.15) is 0 Å². The first-order valence-corrected chi connectivity index (χ1v) is 8.69. The van der Waals surface area contributed by atoms with E-state index in [0.29, 0.717) is 21.4 Å². The number of nitrogens with one attached hydrogen (secondary N) is 2.